The minimum atomic E-state index is -0.796. The lowest BCUT2D eigenvalue weighted by molar-refractivity contribution is -0.145. The summed E-state index contributed by atoms with van der Waals surface area (Å²) in [6.45, 7) is 6.38. The molecule has 1 N–H and O–H groups in total. The van der Waals surface area contributed by atoms with Gasteiger partial charge in [0.05, 0.1) is 46.6 Å². The lowest BCUT2D eigenvalue weighted by Gasteiger charge is -2.29. The highest BCUT2D eigenvalue weighted by molar-refractivity contribution is 5.96. The van der Waals surface area contributed by atoms with Gasteiger partial charge in [-0.3, -0.25) is 4.79 Å². The molecule has 1 amide bonds. The summed E-state index contributed by atoms with van der Waals surface area (Å²) in [4.78, 5) is 31.3. The fourth-order valence-corrected chi connectivity index (χ4v) is 4.13. The molecule has 1 fully saturated rings. The maximum absolute atomic E-state index is 13.4. The zero-order valence-electron chi connectivity index (χ0n) is 22.9. The van der Waals surface area contributed by atoms with Gasteiger partial charge in [0.2, 0.25) is 5.75 Å². The summed E-state index contributed by atoms with van der Waals surface area (Å²) in [5, 5.41) is 4.58. The first kappa shape index (κ1) is 29.1. The van der Waals surface area contributed by atoms with Gasteiger partial charge in [0.15, 0.2) is 11.5 Å². The van der Waals surface area contributed by atoms with Gasteiger partial charge in [-0.1, -0.05) is 30.3 Å². The van der Waals surface area contributed by atoms with Gasteiger partial charge < -0.3 is 33.8 Å². The summed E-state index contributed by atoms with van der Waals surface area (Å²) in [6.07, 6.45) is 0.226. The number of rotatable bonds is 9. The molecule has 0 aromatic heterocycles. The summed E-state index contributed by atoms with van der Waals surface area (Å²) in [5.74, 6) is 0.762. The Hall–Kier alpha value is -3.50. The number of methoxy groups -OCH3 is 3. The second-order valence-electron chi connectivity index (χ2n) is 9.91. The third-order valence-electron chi connectivity index (χ3n) is 5.89. The van der Waals surface area contributed by atoms with E-state index in [9.17, 15) is 9.59 Å². The molecule has 1 heterocycles. The Morgan fingerprint density at radius 3 is 2.24 bits per heavy atom. The number of carbonyl (C=O) groups excluding carboxylic acids is 2. The molecule has 1 aliphatic heterocycles. The lowest BCUT2D eigenvalue weighted by atomic mass is 10.1. The Bertz CT molecular complexity index is 1050. The van der Waals surface area contributed by atoms with Crippen LogP contribution in [0.5, 0.6) is 17.2 Å². The van der Waals surface area contributed by atoms with E-state index < -0.39 is 17.8 Å². The van der Waals surface area contributed by atoms with Crippen LogP contribution in [-0.2, 0) is 20.9 Å². The van der Waals surface area contributed by atoms with E-state index in [1.165, 1.54) is 26.4 Å². The Kier molecular flexibility index (Phi) is 10.2. The minimum Gasteiger partial charge on any atom is -0.493 e. The Labute approximate surface area is 224 Å². The van der Waals surface area contributed by atoms with Gasteiger partial charge in [0.1, 0.15) is 5.60 Å². The molecule has 0 bridgehead atoms. The number of ether oxygens (including phenoxy) is 5. The number of amides is 1. The lowest BCUT2D eigenvalue weighted by Crippen LogP contribution is -2.50. The molecular weight excluding hydrogens is 492 g/mol. The van der Waals surface area contributed by atoms with Crippen LogP contribution in [0.1, 0.15) is 49.5 Å². The van der Waals surface area contributed by atoms with E-state index in [0.29, 0.717) is 48.8 Å². The van der Waals surface area contributed by atoms with Crippen molar-refractivity contribution in [1.82, 2.24) is 10.4 Å². The van der Waals surface area contributed by atoms with Crippen molar-refractivity contribution in [3.8, 4) is 17.2 Å². The van der Waals surface area contributed by atoms with Crippen molar-refractivity contribution in [3.05, 3.63) is 53.6 Å². The van der Waals surface area contributed by atoms with Gasteiger partial charge in [-0.25, -0.2) is 4.79 Å². The molecule has 10 heteroatoms. The van der Waals surface area contributed by atoms with Crippen LogP contribution in [0.2, 0.25) is 0 Å². The van der Waals surface area contributed by atoms with Crippen LogP contribution >= 0.6 is 0 Å². The Morgan fingerprint density at radius 1 is 1.00 bits per heavy atom. The van der Waals surface area contributed by atoms with E-state index in [2.05, 4.69) is 5.32 Å². The first-order valence-corrected chi connectivity index (χ1v) is 12.6. The van der Waals surface area contributed by atoms with Crippen molar-refractivity contribution in [2.24, 2.45) is 0 Å². The molecule has 38 heavy (non-hydrogen) atoms. The monoisotopic (exact) mass is 530 g/mol. The fraction of sp³-hybridized carbons (Fsp3) is 0.500. The molecule has 2 aromatic rings. The maximum atomic E-state index is 13.4. The first-order chi connectivity index (χ1) is 18.1. The number of hydrogen-bond donors (Lipinski definition) is 1. The van der Waals surface area contributed by atoms with Crippen LogP contribution in [0.4, 0.5) is 4.79 Å². The average Bonchev–Trinajstić information content (AvgIpc) is 3.06. The Morgan fingerprint density at radius 2 is 1.66 bits per heavy atom. The molecule has 0 radical (unpaired) electrons. The molecule has 0 spiro atoms. The van der Waals surface area contributed by atoms with Gasteiger partial charge in [-0.2, -0.15) is 0 Å². The topological polar surface area (TPSA) is 105 Å². The summed E-state index contributed by atoms with van der Waals surface area (Å²) in [7, 11) is 4.48. The fourth-order valence-electron chi connectivity index (χ4n) is 4.13. The van der Waals surface area contributed by atoms with Crippen LogP contribution in [-0.4, -0.2) is 69.3 Å². The third kappa shape index (κ3) is 8.26. The molecule has 0 unspecified atom stereocenters. The van der Waals surface area contributed by atoms with Crippen molar-refractivity contribution >= 4 is 12.1 Å². The van der Waals surface area contributed by atoms with Crippen molar-refractivity contribution in [3.63, 3.8) is 0 Å². The number of carbonyl (C=O) groups is 2. The zero-order chi connectivity index (χ0) is 27.7. The highest BCUT2D eigenvalue weighted by Gasteiger charge is 2.32. The summed E-state index contributed by atoms with van der Waals surface area (Å²) >= 11 is 0. The SMILES string of the molecule is COc1cc(C(=O)N[C@@H]2CN(OC(=O)OC(C)(C)C)CCC[C@H]2OCc2ccccc2)cc(OC)c1OC. The van der Waals surface area contributed by atoms with Gasteiger partial charge in [0.25, 0.3) is 5.91 Å². The van der Waals surface area contributed by atoms with Crippen LogP contribution < -0.4 is 19.5 Å². The molecule has 0 aliphatic carbocycles. The third-order valence-corrected chi connectivity index (χ3v) is 5.89. The van der Waals surface area contributed by atoms with Crippen molar-refractivity contribution in [2.45, 2.75) is 58.0 Å². The van der Waals surface area contributed by atoms with Gasteiger partial charge in [0, 0.05) is 12.1 Å². The average molecular weight is 531 g/mol. The van der Waals surface area contributed by atoms with E-state index in [4.69, 9.17) is 28.5 Å². The molecule has 2 aromatic carbocycles. The number of hydroxylamine groups is 2. The van der Waals surface area contributed by atoms with Crippen LogP contribution in [0, 0.1) is 0 Å². The quantitative estimate of drug-likeness (QED) is 0.474. The number of nitrogens with zero attached hydrogens (tertiary/aromatic N) is 1. The van der Waals surface area contributed by atoms with E-state index in [0.717, 1.165) is 5.56 Å². The van der Waals surface area contributed by atoms with Gasteiger partial charge >= 0.3 is 6.16 Å². The molecule has 208 valence electrons. The molecular formula is C28H38N2O8. The van der Waals surface area contributed by atoms with Gasteiger partial charge in [-0.05, 0) is 51.3 Å². The molecule has 3 rings (SSSR count). The number of hydrogen-bond acceptors (Lipinski definition) is 9. The second kappa shape index (κ2) is 13.3. The second-order valence-corrected chi connectivity index (χ2v) is 9.91. The first-order valence-electron chi connectivity index (χ1n) is 12.6. The number of nitrogens with one attached hydrogen (secondary N) is 1. The van der Waals surface area contributed by atoms with Gasteiger partial charge in [-0.15, -0.1) is 5.06 Å². The summed E-state index contributed by atoms with van der Waals surface area (Å²) in [5.41, 5.74) is 0.656. The van der Waals surface area contributed by atoms with Crippen molar-refractivity contribution < 1.29 is 38.1 Å². The Balaban J connectivity index is 1.81. The molecule has 1 aliphatic rings. The minimum absolute atomic E-state index is 0.217. The molecule has 2 atom stereocenters. The van der Waals surface area contributed by atoms with E-state index >= 15 is 0 Å². The maximum Gasteiger partial charge on any atom is 0.528 e. The predicted molar refractivity (Wildman–Crippen MR) is 140 cm³/mol. The van der Waals surface area contributed by atoms with Crippen molar-refractivity contribution in [2.75, 3.05) is 34.4 Å². The summed E-state index contributed by atoms with van der Waals surface area (Å²) in [6, 6.07) is 12.5. The molecule has 10 nitrogen and oxygen atoms in total. The predicted octanol–water partition coefficient (Wildman–Crippen LogP) is 4.36. The zero-order valence-corrected chi connectivity index (χ0v) is 22.9. The van der Waals surface area contributed by atoms with E-state index in [-0.39, 0.29) is 18.6 Å². The molecule has 1 saturated heterocycles. The van der Waals surface area contributed by atoms with Crippen molar-refractivity contribution in [1.29, 1.82) is 0 Å². The van der Waals surface area contributed by atoms with Crippen LogP contribution in [0.3, 0.4) is 0 Å². The van der Waals surface area contributed by atoms with E-state index in [1.807, 2.05) is 30.3 Å². The standard InChI is InChI=1S/C28H38N2O8/c1-28(2,3)37-27(32)38-30-14-10-13-22(36-18-19-11-8-7-9-12-19)21(17-30)29-26(31)20-15-23(33-4)25(35-6)24(16-20)34-5/h7-9,11-12,15-16,21-22H,10,13-14,17-18H2,1-6H3,(H,29,31)/t21-,22-/m1/s1. The largest absolute Gasteiger partial charge is 0.528 e. The number of benzene rings is 2. The highest BCUT2D eigenvalue weighted by atomic mass is 16.8. The van der Waals surface area contributed by atoms with Crippen LogP contribution in [0.15, 0.2) is 42.5 Å². The van der Waals surface area contributed by atoms with Crippen LogP contribution in [0.25, 0.3) is 0 Å². The molecule has 0 saturated carbocycles. The smallest absolute Gasteiger partial charge is 0.493 e. The highest BCUT2D eigenvalue weighted by Crippen LogP contribution is 2.38. The normalized spacial score (nSPS) is 18.2. The van der Waals surface area contributed by atoms with E-state index in [1.54, 1.807) is 32.9 Å². The summed E-state index contributed by atoms with van der Waals surface area (Å²) < 4.78 is 27.8.